The number of hydrogen-bond acceptors (Lipinski definition) is 4. The van der Waals surface area contributed by atoms with Gasteiger partial charge >= 0.3 is 0 Å². The van der Waals surface area contributed by atoms with E-state index in [-0.39, 0.29) is 0 Å². The topological polar surface area (TPSA) is 46.5 Å². The highest BCUT2D eigenvalue weighted by molar-refractivity contribution is 7.71. The highest BCUT2D eigenvalue weighted by Gasteiger charge is 2.20. The van der Waals surface area contributed by atoms with E-state index in [9.17, 15) is 0 Å². The van der Waals surface area contributed by atoms with Gasteiger partial charge in [-0.2, -0.15) is 5.10 Å². The maximum atomic E-state index is 5.14. The number of nitrogens with one attached hydrogen (secondary N) is 1. The number of hydrogen-bond donors (Lipinski definition) is 1. The lowest BCUT2D eigenvalue weighted by Gasteiger charge is -2.18. The van der Waals surface area contributed by atoms with Gasteiger partial charge in [-0.3, -0.25) is 5.10 Å². The molecule has 0 atom stereocenters. The molecule has 2 aromatic rings. The summed E-state index contributed by atoms with van der Waals surface area (Å²) in [5.41, 5.74) is 0. The summed E-state index contributed by atoms with van der Waals surface area (Å²) in [5, 5.41) is 8.34. The predicted octanol–water partition coefficient (Wildman–Crippen LogP) is 3.65. The van der Waals surface area contributed by atoms with Crippen LogP contribution in [-0.4, -0.2) is 19.7 Å². The summed E-state index contributed by atoms with van der Waals surface area (Å²) in [6, 6.07) is 0. The largest absolute Gasteiger partial charge is 0.303 e. The Balaban J connectivity index is 1.89. The van der Waals surface area contributed by atoms with Gasteiger partial charge in [0, 0.05) is 19.2 Å². The van der Waals surface area contributed by atoms with E-state index in [1.54, 1.807) is 11.3 Å². The Morgan fingerprint density at radius 3 is 2.83 bits per heavy atom. The van der Waals surface area contributed by atoms with Gasteiger partial charge in [-0.1, -0.05) is 19.3 Å². The van der Waals surface area contributed by atoms with Crippen molar-refractivity contribution in [3.05, 3.63) is 16.0 Å². The molecule has 1 aliphatic rings. The highest BCUT2D eigenvalue weighted by atomic mass is 32.1. The van der Waals surface area contributed by atoms with Crippen LogP contribution in [0.4, 0.5) is 0 Å². The Hall–Kier alpha value is -1.01. The van der Waals surface area contributed by atoms with Crippen LogP contribution in [0.25, 0.3) is 10.7 Å². The lowest BCUT2D eigenvalue weighted by molar-refractivity contribution is 0.442. The maximum Gasteiger partial charge on any atom is 0.195 e. The summed E-state index contributed by atoms with van der Waals surface area (Å²) in [7, 11) is 1.93. The predicted molar refractivity (Wildman–Crippen MR) is 75.3 cm³/mol. The molecule has 0 saturated heterocycles. The SMILES string of the molecule is Cn1c(-c2cnc(C3CCCCC3)s2)n[nH]c1=S. The third-order valence-electron chi connectivity index (χ3n) is 3.58. The van der Waals surface area contributed by atoms with Crippen molar-refractivity contribution in [1.29, 1.82) is 0 Å². The molecule has 96 valence electrons. The van der Waals surface area contributed by atoms with E-state index < -0.39 is 0 Å². The van der Waals surface area contributed by atoms with Crippen molar-refractivity contribution in [2.75, 3.05) is 0 Å². The number of aromatic amines is 1. The summed E-state index contributed by atoms with van der Waals surface area (Å²) >= 11 is 6.89. The molecule has 2 heterocycles. The molecule has 0 aliphatic heterocycles. The van der Waals surface area contributed by atoms with Crippen LogP contribution in [0.2, 0.25) is 0 Å². The van der Waals surface area contributed by atoms with Gasteiger partial charge in [0.15, 0.2) is 10.6 Å². The molecule has 0 radical (unpaired) electrons. The lowest BCUT2D eigenvalue weighted by Crippen LogP contribution is -2.03. The minimum atomic E-state index is 0.651. The van der Waals surface area contributed by atoms with E-state index in [1.807, 2.05) is 17.8 Å². The van der Waals surface area contributed by atoms with Crippen molar-refractivity contribution >= 4 is 23.6 Å². The van der Waals surface area contributed by atoms with Crippen molar-refractivity contribution in [3.63, 3.8) is 0 Å². The zero-order valence-corrected chi connectivity index (χ0v) is 12.0. The van der Waals surface area contributed by atoms with Crippen molar-refractivity contribution < 1.29 is 0 Å². The van der Waals surface area contributed by atoms with Crippen molar-refractivity contribution in [3.8, 4) is 10.7 Å². The van der Waals surface area contributed by atoms with Gasteiger partial charge in [0.05, 0.1) is 9.88 Å². The second-order valence-corrected chi connectivity index (χ2v) is 6.26. The third-order valence-corrected chi connectivity index (χ3v) is 5.10. The smallest absolute Gasteiger partial charge is 0.195 e. The van der Waals surface area contributed by atoms with Gasteiger partial charge in [0.2, 0.25) is 0 Å². The van der Waals surface area contributed by atoms with Gasteiger partial charge in [0.25, 0.3) is 0 Å². The Morgan fingerprint density at radius 1 is 1.39 bits per heavy atom. The number of H-pyrrole nitrogens is 1. The van der Waals surface area contributed by atoms with Crippen LogP contribution in [0, 0.1) is 4.77 Å². The molecule has 0 spiro atoms. The fourth-order valence-electron chi connectivity index (χ4n) is 2.50. The molecule has 3 rings (SSSR count). The Labute approximate surface area is 115 Å². The second kappa shape index (κ2) is 4.93. The minimum Gasteiger partial charge on any atom is -0.303 e. The lowest BCUT2D eigenvalue weighted by atomic mass is 9.90. The van der Waals surface area contributed by atoms with Crippen molar-refractivity contribution in [2.24, 2.45) is 7.05 Å². The molecular formula is C12H16N4S2. The second-order valence-electron chi connectivity index (χ2n) is 4.81. The van der Waals surface area contributed by atoms with E-state index >= 15 is 0 Å². The van der Waals surface area contributed by atoms with Crippen LogP contribution >= 0.6 is 23.6 Å². The maximum absolute atomic E-state index is 5.14. The van der Waals surface area contributed by atoms with Crippen molar-refractivity contribution in [2.45, 2.75) is 38.0 Å². The van der Waals surface area contributed by atoms with Crippen LogP contribution in [0.3, 0.4) is 0 Å². The molecule has 1 aliphatic carbocycles. The Bertz CT molecular complexity index is 589. The molecule has 2 aromatic heterocycles. The quantitative estimate of drug-likeness (QED) is 0.854. The first-order valence-electron chi connectivity index (χ1n) is 6.33. The van der Waals surface area contributed by atoms with Crippen LogP contribution < -0.4 is 0 Å². The summed E-state index contributed by atoms with van der Waals surface area (Å²) in [6.45, 7) is 0. The fraction of sp³-hybridized carbons (Fsp3) is 0.583. The van der Waals surface area contributed by atoms with Crippen LogP contribution in [0.15, 0.2) is 6.20 Å². The standard InChI is InChI=1S/C12H16N4S2/c1-16-10(14-15-12(16)17)9-7-13-11(18-9)8-5-3-2-4-6-8/h7-8H,2-6H2,1H3,(H,15,17). The molecule has 6 heteroatoms. The molecular weight excluding hydrogens is 264 g/mol. The molecule has 0 unspecified atom stereocenters. The Morgan fingerprint density at radius 2 is 2.17 bits per heavy atom. The molecule has 1 N–H and O–H groups in total. The van der Waals surface area contributed by atoms with Gasteiger partial charge in [-0.15, -0.1) is 11.3 Å². The molecule has 18 heavy (non-hydrogen) atoms. The zero-order chi connectivity index (χ0) is 12.5. The van der Waals surface area contributed by atoms with E-state index in [1.165, 1.54) is 37.1 Å². The number of thiazole rings is 1. The number of aromatic nitrogens is 4. The molecule has 0 bridgehead atoms. The molecule has 1 saturated carbocycles. The van der Waals surface area contributed by atoms with Crippen LogP contribution in [-0.2, 0) is 7.05 Å². The summed E-state index contributed by atoms with van der Waals surface area (Å²) in [6.07, 6.45) is 8.55. The summed E-state index contributed by atoms with van der Waals surface area (Å²) < 4.78 is 2.55. The summed E-state index contributed by atoms with van der Waals surface area (Å²) in [4.78, 5) is 5.69. The molecule has 0 aromatic carbocycles. The first-order chi connectivity index (χ1) is 8.75. The van der Waals surface area contributed by atoms with E-state index in [4.69, 9.17) is 12.2 Å². The van der Waals surface area contributed by atoms with Crippen molar-refractivity contribution in [1.82, 2.24) is 19.7 Å². The molecule has 0 amide bonds. The first-order valence-corrected chi connectivity index (χ1v) is 7.55. The first kappa shape index (κ1) is 12.0. The van der Waals surface area contributed by atoms with E-state index in [0.29, 0.717) is 10.7 Å². The van der Waals surface area contributed by atoms with Gasteiger partial charge in [-0.25, -0.2) is 4.98 Å². The van der Waals surface area contributed by atoms with E-state index in [2.05, 4.69) is 15.2 Å². The Kier molecular flexibility index (Phi) is 3.30. The molecule has 4 nitrogen and oxygen atoms in total. The highest BCUT2D eigenvalue weighted by Crippen LogP contribution is 2.36. The van der Waals surface area contributed by atoms with Gasteiger partial charge in [0.1, 0.15) is 0 Å². The average molecular weight is 280 g/mol. The van der Waals surface area contributed by atoms with Crippen LogP contribution in [0.5, 0.6) is 0 Å². The van der Waals surface area contributed by atoms with E-state index in [0.717, 1.165) is 10.7 Å². The number of rotatable bonds is 2. The van der Waals surface area contributed by atoms with Gasteiger partial charge in [-0.05, 0) is 25.1 Å². The number of nitrogens with zero attached hydrogens (tertiary/aromatic N) is 3. The monoisotopic (exact) mass is 280 g/mol. The minimum absolute atomic E-state index is 0.651. The van der Waals surface area contributed by atoms with Gasteiger partial charge < -0.3 is 4.57 Å². The fourth-order valence-corrected chi connectivity index (χ4v) is 3.74. The third kappa shape index (κ3) is 2.14. The molecule has 1 fully saturated rings. The zero-order valence-electron chi connectivity index (χ0n) is 10.3. The summed E-state index contributed by atoms with van der Waals surface area (Å²) in [5.74, 6) is 1.55. The average Bonchev–Trinajstić information content (AvgIpc) is 3.00. The van der Waals surface area contributed by atoms with Crippen LogP contribution in [0.1, 0.15) is 43.0 Å². The normalized spacial score (nSPS) is 17.2.